The molecule has 1 aliphatic heterocycles. The second-order valence-corrected chi connectivity index (χ2v) is 6.52. The van der Waals surface area contributed by atoms with E-state index in [0.717, 1.165) is 25.0 Å². The summed E-state index contributed by atoms with van der Waals surface area (Å²) in [5.41, 5.74) is 1.54. The maximum atomic E-state index is 13.3. The molecular formula is C19H24FN3O2. The van der Waals surface area contributed by atoms with Crippen LogP contribution in [0.3, 0.4) is 0 Å². The molecule has 6 heteroatoms. The number of nitrogens with zero attached hydrogens (tertiary/aromatic N) is 2. The van der Waals surface area contributed by atoms with Gasteiger partial charge >= 0.3 is 0 Å². The van der Waals surface area contributed by atoms with Gasteiger partial charge in [0.25, 0.3) is 0 Å². The van der Waals surface area contributed by atoms with Gasteiger partial charge in [-0.05, 0) is 50.5 Å². The van der Waals surface area contributed by atoms with Gasteiger partial charge in [-0.15, -0.1) is 0 Å². The van der Waals surface area contributed by atoms with E-state index in [2.05, 4.69) is 17.3 Å². The molecule has 5 nitrogen and oxygen atoms in total. The lowest BCUT2D eigenvalue weighted by Gasteiger charge is -2.10. The van der Waals surface area contributed by atoms with Gasteiger partial charge in [0, 0.05) is 25.6 Å². The van der Waals surface area contributed by atoms with Crippen LogP contribution in [0.5, 0.6) is 0 Å². The molecule has 134 valence electrons. The minimum absolute atomic E-state index is 0.0488. The number of amides is 1. The molecule has 1 aromatic carbocycles. The average molecular weight is 345 g/mol. The average Bonchev–Trinajstić information content (AvgIpc) is 3.22. The van der Waals surface area contributed by atoms with Crippen LogP contribution in [-0.2, 0) is 16.0 Å². The molecule has 1 amide bonds. The van der Waals surface area contributed by atoms with Crippen LogP contribution in [0.4, 0.5) is 4.39 Å². The molecule has 2 atom stereocenters. The van der Waals surface area contributed by atoms with Crippen molar-refractivity contribution in [3.63, 3.8) is 0 Å². The summed E-state index contributed by atoms with van der Waals surface area (Å²) in [4.78, 5) is 11.9. The number of halogens is 1. The summed E-state index contributed by atoms with van der Waals surface area (Å²) in [7, 11) is 0. The predicted octanol–water partition coefficient (Wildman–Crippen LogP) is 3.02. The Balaban J connectivity index is 1.39. The largest absolute Gasteiger partial charge is 0.375 e. The topological polar surface area (TPSA) is 56.2 Å². The van der Waals surface area contributed by atoms with Crippen LogP contribution in [0.25, 0.3) is 5.69 Å². The third-order valence-electron chi connectivity index (χ3n) is 4.43. The number of hydrogen-bond acceptors (Lipinski definition) is 3. The maximum Gasteiger partial charge on any atom is 0.220 e. The summed E-state index contributed by atoms with van der Waals surface area (Å²) in [6.07, 6.45) is 6.39. The third kappa shape index (κ3) is 5.13. The smallest absolute Gasteiger partial charge is 0.220 e. The predicted molar refractivity (Wildman–Crippen MR) is 93.0 cm³/mol. The van der Waals surface area contributed by atoms with E-state index in [0.29, 0.717) is 31.2 Å². The molecule has 0 radical (unpaired) electrons. The van der Waals surface area contributed by atoms with Crippen LogP contribution < -0.4 is 5.32 Å². The fourth-order valence-corrected chi connectivity index (χ4v) is 3.07. The van der Waals surface area contributed by atoms with E-state index in [1.54, 1.807) is 23.0 Å². The van der Waals surface area contributed by atoms with Crippen molar-refractivity contribution in [3.8, 4) is 5.69 Å². The van der Waals surface area contributed by atoms with Crippen LogP contribution in [0.2, 0.25) is 0 Å². The molecule has 0 unspecified atom stereocenters. The highest BCUT2D eigenvalue weighted by Gasteiger charge is 2.22. The molecule has 1 fully saturated rings. The van der Waals surface area contributed by atoms with E-state index in [1.165, 1.54) is 12.1 Å². The van der Waals surface area contributed by atoms with Gasteiger partial charge in [0.15, 0.2) is 0 Å². The molecular weight excluding hydrogens is 321 g/mol. The van der Waals surface area contributed by atoms with Gasteiger partial charge in [-0.2, -0.15) is 5.10 Å². The number of benzene rings is 1. The van der Waals surface area contributed by atoms with Crippen molar-refractivity contribution in [1.29, 1.82) is 0 Å². The van der Waals surface area contributed by atoms with Gasteiger partial charge < -0.3 is 10.1 Å². The molecule has 0 saturated carbocycles. The van der Waals surface area contributed by atoms with Crippen molar-refractivity contribution in [1.82, 2.24) is 15.1 Å². The Morgan fingerprint density at radius 2 is 2.28 bits per heavy atom. The second kappa shape index (κ2) is 8.25. The number of ether oxygens (including phenoxy) is 1. The van der Waals surface area contributed by atoms with Crippen LogP contribution in [0.15, 0.2) is 36.5 Å². The lowest BCUT2D eigenvalue weighted by molar-refractivity contribution is -0.121. The SMILES string of the molecule is C[C@@H]1CC[C@@H](CCC(=O)NCCc2ccn(-c3cccc(F)c3)n2)O1. The Morgan fingerprint density at radius 3 is 3.04 bits per heavy atom. The van der Waals surface area contributed by atoms with Crippen LogP contribution in [0.1, 0.15) is 38.3 Å². The van der Waals surface area contributed by atoms with Gasteiger partial charge in [-0.1, -0.05) is 6.07 Å². The number of carbonyl (C=O) groups is 1. The molecule has 1 saturated heterocycles. The number of nitrogens with one attached hydrogen (secondary N) is 1. The fourth-order valence-electron chi connectivity index (χ4n) is 3.07. The van der Waals surface area contributed by atoms with E-state index in [4.69, 9.17) is 4.74 Å². The minimum atomic E-state index is -0.289. The zero-order valence-electron chi connectivity index (χ0n) is 14.5. The van der Waals surface area contributed by atoms with Gasteiger partial charge in [-0.25, -0.2) is 9.07 Å². The summed E-state index contributed by atoms with van der Waals surface area (Å²) in [5, 5.41) is 7.34. The second-order valence-electron chi connectivity index (χ2n) is 6.52. The maximum absolute atomic E-state index is 13.3. The molecule has 1 N–H and O–H groups in total. The Labute approximate surface area is 147 Å². The van der Waals surface area contributed by atoms with Crippen molar-refractivity contribution in [3.05, 3.63) is 48.0 Å². The molecule has 1 aromatic heterocycles. The summed E-state index contributed by atoms with van der Waals surface area (Å²) in [6.45, 7) is 2.62. The number of hydrogen-bond donors (Lipinski definition) is 1. The zero-order chi connectivity index (χ0) is 17.6. The van der Waals surface area contributed by atoms with Gasteiger partial charge in [0.05, 0.1) is 23.6 Å². The van der Waals surface area contributed by atoms with Crippen molar-refractivity contribution < 1.29 is 13.9 Å². The van der Waals surface area contributed by atoms with Crippen molar-refractivity contribution in [2.24, 2.45) is 0 Å². The first-order chi connectivity index (χ1) is 12.1. The molecule has 2 heterocycles. The molecule has 2 aromatic rings. The lowest BCUT2D eigenvalue weighted by atomic mass is 10.1. The van der Waals surface area contributed by atoms with Gasteiger partial charge in [0.1, 0.15) is 5.82 Å². The normalized spacial score (nSPS) is 19.9. The Hall–Kier alpha value is -2.21. The number of carbonyl (C=O) groups excluding carboxylic acids is 1. The number of aromatic nitrogens is 2. The van der Waals surface area contributed by atoms with Crippen LogP contribution in [0, 0.1) is 5.82 Å². The Morgan fingerprint density at radius 1 is 1.40 bits per heavy atom. The molecule has 1 aliphatic rings. The Bertz CT molecular complexity index is 716. The molecule has 0 spiro atoms. The van der Waals surface area contributed by atoms with Crippen LogP contribution >= 0.6 is 0 Å². The first-order valence-corrected chi connectivity index (χ1v) is 8.83. The highest BCUT2D eigenvalue weighted by molar-refractivity contribution is 5.75. The summed E-state index contributed by atoms with van der Waals surface area (Å²) >= 11 is 0. The fraction of sp³-hybridized carbons (Fsp3) is 0.474. The summed E-state index contributed by atoms with van der Waals surface area (Å²) < 4.78 is 20.6. The van der Waals surface area contributed by atoms with Crippen LogP contribution in [-0.4, -0.2) is 34.4 Å². The van der Waals surface area contributed by atoms with E-state index < -0.39 is 0 Å². The first kappa shape index (κ1) is 17.6. The van der Waals surface area contributed by atoms with E-state index in [-0.39, 0.29) is 17.8 Å². The highest BCUT2D eigenvalue weighted by atomic mass is 19.1. The van der Waals surface area contributed by atoms with Gasteiger partial charge in [-0.3, -0.25) is 4.79 Å². The molecule has 0 bridgehead atoms. The minimum Gasteiger partial charge on any atom is -0.375 e. The summed E-state index contributed by atoms with van der Waals surface area (Å²) in [5.74, 6) is -0.241. The number of rotatable bonds is 7. The van der Waals surface area contributed by atoms with Crippen molar-refractivity contribution in [2.75, 3.05) is 6.54 Å². The third-order valence-corrected chi connectivity index (χ3v) is 4.43. The molecule has 0 aliphatic carbocycles. The standard InChI is InChI=1S/C19H24FN3O2/c1-14-5-6-18(25-14)7-8-19(24)21-11-9-16-10-12-23(22-16)17-4-2-3-15(20)13-17/h2-4,10,12-14,18H,5-9,11H2,1H3,(H,21,24)/t14-,18+/m1/s1. The molecule has 3 rings (SSSR count). The van der Waals surface area contributed by atoms with Crippen molar-refractivity contribution in [2.45, 2.75) is 51.2 Å². The van der Waals surface area contributed by atoms with Gasteiger partial charge in [0.2, 0.25) is 5.91 Å². The van der Waals surface area contributed by atoms with Crippen molar-refractivity contribution >= 4 is 5.91 Å². The molecule has 25 heavy (non-hydrogen) atoms. The Kier molecular flexibility index (Phi) is 5.81. The highest BCUT2D eigenvalue weighted by Crippen LogP contribution is 2.22. The van der Waals surface area contributed by atoms with E-state index in [9.17, 15) is 9.18 Å². The lowest BCUT2D eigenvalue weighted by Crippen LogP contribution is -2.26. The zero-order valence-corrected chi connectivity index (χ0v) is 14.5. The quantitative estimate of drug-likeness (QED) is 0.839. The van der Waals surface area contributed by atoms with E-state index in [1.807, 2.05) is 6.07 Å². The summed E-state index contributed by atoms with van der Waals surface area (Å²) in [6, 6.07) is 8.17. The first-order valence-electron chi connectivity index (χ1n) is 8.83. The monoisotopic (exact) mass is 345 g/mol. The van der Waals surface area contributed by atoms with E-state index >= 15 is 0 Å².